The zero-order valence-corrected chi connectivity index (χ0v) is 15.8. The molecule has 28 heavy (non-hydrogen) atoms. The lowest BCUT2D eigenvalue weighted by Crippen LogP contribution is -2.01. The van der Waals surface area contributed by atoms with Gasteiger partial charge in [0, 0.05) is 23.7 Å². The third-order valence-corrected chi connectivity index (χ3v) is 4.71. The summed E-state index contributed by atoms with van der Waals surface area (Å²) in [7, 11) is 0. The van der Waals surface area contributed by atoms with E-state index in [-0.39, 0.29) is 0 Å². The topological polar surface area (TPSA) is 48.2 Å². The number of rotatable bonds is 7. The number of aryl methyl sites for hydroxylation is 1. The molecule has 2 heterocycles. The lowest BCUT2D eigenvalue weighted by molar-refractivity contribution is 0.121. The van der Waals surface area contributed by atoms with E-state index < -0.39 is 0 Å². The van der Waals surface area contributed by atoms with Crippen molar-refractivity contribution in [2.24, 2.45) is 0 Å². The van der Waals surface area contributed by atoms with Crippen LogP contribution in [-0.2, 0) is 17.8 Å². The molecule has 0 fully saturated rings. The van der Waals surface area contributed by atoms with Crippen molar-refractivity contribution in [2.75, 3.05) is 6.61 Å². The molecule has 0 spiro atoms. The van der Waals surface area contributed by atoms with Crippen LogP contribution in [0.5, 0.6) is 0 Å². The Morgan fingerprint density at radius 2 is 1.54 bits per heavy atom. The van der Waals surface area contributed by atoms with Crippen LogP contribution < -0.4 is 0 Å². The quantitative estimate of drug-likeness (QED) is 0.405. The van der Waals surface area contributed by atoms with Gasteiger partial charge in [-0.3, -0.25) is 4.98 Å². The summed E-state index contributed by atoms with van der Waals surface area (Å²) in [5, 5.41) is 4.17. The van der Waals surface area contributed by atoms with Crippen molar-refractivity contribution in [2.45, 2.75) is 20.0 Å². The van der Waals surface area contributed by atoms with E-state index in [0.717, 1.165) is 34.7 Å². The maximum absolute atomic E-state index is 5.78. The van der Waals surface area contributed by atoms with Crippen LogP contribution in [0.1, 0.15) is 17.0 Å². The van der Waals surface area contributed by atoms with Crippen molar-refractivity contribution in [1.29, 1.82) is 0 Å². The number of ether oxygens (including phenoxy) is 1. The molecule has 0 aliphatic carbocycles. The fourth-order valence-electron chi connectivity index (χ4n) is 3.19. The molecule has 0 saturated carbocycles. The Labute approximate surface area is 164 Å². The maximum Gasteiger partial charge on any atom is 0.170 e. The van der Waals surface area contributed by atoms with Crippen LogP contribution in [0.3, 0.4) is 0 Å². The molecule has 4 rings (SSSR count). The number of aromatic nitrogens is 2. The highest BCUT2D eigenvalue weighted by atomic mass is 16.5. The van der Waals surface area contributed by atoms with Crippen LogP contribution in [0, 0.1) is 6.92 Å². The van der Waals surface area contributed by atoms with Gasteiger partial charge in [-0.05, 0) is 30.2 Å². The predicted molar refractivity (Wildman–Crippen MR) is 110 cm³/mol. The maximum atomic E-state index is 5.78. The Kier molecular flexibility index (Phi) is 5.59. The molecular weight excluding hydrogens is 348 g/mol. The third-order valence-electron chi connectivity index (χ3n) is 4.71. The average molecular weight is 370 g/mol. The van der Waals surface area contributed by atoms with Crippen LogP contribution in [0.2, 0.25) is 0 Å². The van der Waals surface area contributed by atoms with E-state index in [2.05, 4.69) is 46.5 Å². The number of benzene rings is 2. The highest BCUT2D eigenvalue weighted by molar-refractivity contribution is 5.69. The minimum absolute atomic E-state index is 0.506. The van der Waals surface area contributed by atoms with E-state index >= 15 is 0 Å². The standard InChI is InChI=1S/C24H22N2O2/c1-18-23(14-16-27-17-22-9-5-6-15-25-22)24(28-26-18)21-12-10-20(11-13-21)19-7-3-2-4-8-19/h2-13,15H,14,16-17H2,1H3. The molecule has 0 aliphatic heterocycles. The monoisotopic (exact) mass is 370 g/mol. The van der Waals surface area contributed by atoms with E-state index in [9.17, 15) is 0 Å². The van der Waals surface area contributed by atoms with Gasteiger partial charge >= 0.3 is 0 Å². The Balaban J connectivity index is 1.44. The van der Waals surface area contributed by atoms with Gasteiger partial charge in [-0.1, -0.05) is 65.8 Å². The Hall–Kier alpha value is -3.24. The largest absolute Gasteiger partial charge is 0.375 e. The molecular formula is C24H22N2O2. The summed E-state index contributed by atoms with van der Waals surface area (Å²) in [5.41, 5.74) is 6.34. The highest BCUT2D eigenvalue weighted by Crippen LogP contribution is 2.29. The average Bonchev–Trinajstić information content (AvgIpc) is 3.13. The Morgan fingerprint density at radius 1 is 0.821 bits per heavy atom. The fourth-order valence-corrected chi connectivity index (χ4v) is 3.19. The van der Waals surface area contributed by atoms with Gasteiger partial charge in [-0.25, -0.2) is 0 Å². The number of hydrogen-bond acceptors (Lipinski definition) is 4. The molecule has 2 aromatic carbocycles. The molecule has 0 saturated heterocycles. The molecule has 4 heteroatoms. The van der Waals surface area contributed by atoms with Gasteiger partial charge in [0.05, 0.1) is 24.6 Å². The normalized spacial score (nSPS) is 10.9. The second kappa shape index (κ2) is 8.63. The first kappa shape index (κ1) is 18.1. The van der Waals surface area contributed by atoms with Gasteiger partial charge < -0.3 is 9.26 Å². The summed E-state index contributed by atoms with van der Waals surface area (Å²) >= 11 is 0. The second-order valence-corrected chi connectivity index (χ2v) is 6.64. The molecule has 0 aliphatic rings. The molecule has 0 amide bonds. The Morgan fingerprint density at radius 3 is 2.29 bits per heavy atom. The van der Waals surface area contributed by atoms with Gasteiger partial charge in [0.2, 0.25) is 0 Å². The third kappa shape index (κ3) is 4.18. The van der Waals surface area contributed by atoms with E-state index in [4.69, 9.17) is 9.26 Å². The summed E-state index contributed by atoms with van der Waals surface area (Å²) in [6, 6.07) is 24.6. The fraction of sp³-hybridized carbons (Fsp3) is 0.167. The predicted octanol–water partition coefficient (Wildman–Crippen LogP) is 5.47. The number of nitrogens with zero attached hydrogens (tertiary/aromatic N) is 2. The smallest absolute Gasteiger partial charge is 0.170 e. The molecule has 2 aromatic heterocycles. The number of hydrogen-bond donors (Lipinski definition) is 0. The summed E-state index contributed by atoms with van der Waals surface area (Å²) < 4.78 is 11.4. The molecule has 140 valence electrons. The van der Waals surface area contributed by atoms with Gasteiger partial charge in [0.1, 0.15) is 0 Å². The van der Waals surface area contributed by atoms with Gasteiger partial charge in [0.25, 0.3) is 0 Å². The second-order valence-electron chi connectivity index (χ2n) is 6.64. The summed E-state index contributed by atoms with van der Waals surface area (Å²) in [6.45, 7) is 3.07. The lowest BCUT2D eigenvalue weighted by atomic mass is 10.0. The molecule has 0 radical (unpaired) electrons. The van der Waals surface area contributed by atoms with Gasteiger partial charge in [-0.2, -0.15) is 0 Å². The SMILES string of the molecule is Cc1noc(-c2ccc(-c3ccccc3)cc2)c1CCOCc1ccccn1. The Bertz CT molecular complexity index is 1010. The van der Waals surface area contributed by atoms with E-state index in [1.807, 2.05) is 43.3 Å². The molecule has 0 N–H and O–H groups in total. The summed E-state index contributed by atoms with van der Waals surface area (Å²) in [5.74, 6) is 0.818. The molecule has 0 atom stereocenters. The minimum Gasteiger partial charge on any atom is -0.375 e. The van der Waals surface area contributed by atoms with Crippen LogP contribution in [-0.4, -0.2) is 16.7 Å². The molecule has 4 aromatic rings. The van der Waals surface area contributed by atoms with Crippen molar-refractivity contribution in [3.8, 4) is 22.5 Å². The zero-order chi connectivity index (χ0) is 19.2. The summed E-state index contributed by atoms with van der Waals surface area (Å²) in [6.07, 6.45) is 2.53. The van der Waals surface area contributed by atoms with Crippen LogP contribution in [0.4, 0.5) is 0 Å². The van der Waals surface area contributed by atoms with Crippen molar-refractivity contribution >= 4 is 0 Å². The van der Waals surface area contributed by atoms with E-state index in [0.29, 0.717) is 13.2 Å². The lowest BCUT2D eigenvalue weighted by Gasteiger charge is -2.06. The van der Waals surface area contributed by atoms with E-state index in [1.54, 1.807) is 6.20 Å². The van der Waals surface area contributed by atoms with Crippen LogP contribution in [0.15, 0.2) is 83.5 Å². The molecule has 0 unspecified atom stereocenters. The van der Waals surface area contributed by atoms with Crippen molar-refractivity contribution in [3.63, 3.8) is 0 Å². The molecule has 0 bridgehead atoms. The van der Waals surface area contributed by atoms with Crippen LogP contribution >= 0.6 is 0 Å². The van der Waals surface area contributed by atoms with Crippen LogP contribution in [0.25, 0.3) is 22.5 Å². The first-order valence-corrected chi connectivity index (χ1v) is 9.40. The van der Waals surface area contributed by atoms with Crippen molar-refractivity contribution in [1.82, 2.24) is 10.1 Å². The summed E-state index contributed by atoms with van der Waals surface area (Å²) in [4.78, 5) is 4.27. The van der Waals surface area contributed by atoms with Crippen molar-refractivity contribution < 1.29 is 9.26 Å². The van der Waals surface area contributed by atoms with E-state index in [1.165, 1.54) is 11.1 Å². The van der Waals surface area contributed by atoms with Gasteiger partial charge in [-0.15, -0.1) is 0 Å². The molecule has 4 nitrogen and oxygen atoms in total. The van der Waals surface area contributed by atoms with Crippen molar-refractivity contribution in [3.05, 3.63) is 95.9 Å². The highest BCUT2D eigenvalue weighted by Gasteiger charge is 2.15. The first-order chi connectivity index (χ1) is 13.8. The number of pyridine rings is 1. The van der Waals surface area contributed by atoms with Gasteiger partial charge in [0.15, 0.2) is 5.76 Å². The first-order valence-electron chi connectivity index (χ1n) is 9.40. The minimum atomic E-state index is 0.506. The zero-order valence-electron chi connectivity index (χ0n) is 15.8.